The van der Waals surface area contributed by atoms with Crippen molar-refractivity contribution in [1.82, 2.24) is 15.2 Å². The van der Waals surface area contributed by atoms with Gasteiger partial charge in [-0.3, -0.25) is 4.79 Å². The molecule has 36 heavy (non-hydrogen) atoms. The molecular formula is C28H32N4O4. The Morgan fingerprint density at radius 1 is 1.17 bits per heavy atom. The maximum atomic E-state index is 12.9. The highest BCUT2D eigenvalue weighted by Crippen LogP contribution is 2.38. The van der Waals surface area contributed by atoms with Gasteiger partial charge in [0, 0.05) is 36.3 Å². The molecule has 0 spiro atoms. The van der Waals surface area contributed by atoms with Crippen LogP contribution in [0.2, 0.25) is 0 Å². The maximum Gasteiger partial charge on any atom is 0.407 e. The highest BCUT2D eigenvalue weighted by atomic mass is 16.4. The minimum atomic E-state index is -0.888. The second-order valence-corrected chi connectivity index (χ2v) is 10.2. The van der Waals surface area contributed by atoms with E-state index in [4.69, 9.17) is 4.42 Å². The summed E-state index contributed by atoms with van der Waals surface area (Å²) in [6, 6.07) is 12.9. The zero-order valence-electron chi connectivity index (χ0n) is 21.2. The van der Waals surface area contributed by atoms with E-state index < -0.39 is 6.09 Å². The van der Waals surface area contributed by atoms with Gasteiger partial charge in [0.15, 0.2) is 5.58 Å². The van der Waals surface area contributed by atoms with Gasteiger partial charge in [0.2, 0.25) is 5.89 Å². The lowest BCUT2D eigenvalue weighted by atomic mass is 9.70. The number of rotatable bonds is 6. The third-order valence-corrected chi connectivity index (χ3v) is 7.52. The fraction of sp³-hybridized carbons (Fsp3) is 0.429. The molecule has 0 saturated carbocycles. The molecule has 8 nitrogen and oxygen atoms in total. The summed E-state index contributed by atoms with van der Waals surface area (Å²) in [5.74, 6) is 0.768. The van der Waals surface area contributed by atoms with Crippen LogP contribution >= 0.6 is 0 Å². The largest absolute Gasteiger partial charge is 0.465 e. The molecule has 2 N–H and O–H groups in total. The molecule has 188 valence electrons. The molecule has 1 aliphatic heterocycles. The first-order valence-corrected chi connectivity index (χ1v) is 12.3. The van der Waals surface area contributed by atoms with Gasteiger partial charge < -0.3 is 19.7 Å². The summed E-state index contributed by atoms with van der Waals surface area (Å²) in [5.41, 5.74) is 3.95. The molecule has 1 saturated heterocycles. The second-order valence-electron chi connectivity index (χ2n) is 10.2. The third kappa shape index (κ3) is 4.92. The average Bonchev–Trinajstić information content (AvgIpc) is 3.30. The van der Waals surface area contributed by atoms with E-state index in [1.807, 2.05) is 32.0 Å². The maximum absolute atomic E-state index is 12.9. The molecule has 3 aromatic rings. The Kier molecular flexibility index (Phi) is 7.02. The minimum absolute atomic E-state index is 0.129. The van der Waals surface area contributed by atoms with Crippen molar-refractivity contribution in [2.75, 3.05) is 19.6 Å². The first-order valence-electron chi connectivity index (χ1n) is 12.3. The summed E-state index contributed by atoms with van der Waals surface area (Å²) < 4.78 is 6.07. The lowest BCUT2D eigenvalue weighted by molar-refractivity contribution is 0.0554. The van der Waals surface area contributed by atoms with Gasteiger partial charge in [0.1, 0.15) is 5.52 Å². The van der Waals surface area contributed by atoms with E-state index >= 15 is 0 Å². The van der Waals surface area contributed by atoms with E-state index in [1.165, 1.54) is 4.90 Å². The van der Waals surface area contributed by atoms with Gasteiger partial charge in [-0.25, -0.2) is 9.78 Å². The van der Waals surface area contributed by atoms with Gasteiger partial charge in [0.05, 0.1) is 11.6 Å². The SMILES string of the molecule is CC(C)c1cc(C#N)cc2nc(-c3ccc(C(=O)NCC4(C(C)C)CCN(C(=O)O)CC4)cc3)oc12. The molecule has 2 heterocycles. The Labute approximate surface area is 210 Å². The summed E-state index contributed by atoms with van der Waals surface area (Å²) in [6.45, 7) is 9.82. The molecule has 8 heteroatoms. The summed E-state index contributed by atoms with van der Waals surface area (Å²) >= 11 is 0. The lowest BCUT2D eigenvalue weighted by Crippen LogP contribution is -2.50. The van der Waals surface area contributed by atoms with Crippen LogP contribution in [-0.4, -0.2) is 46.6 Å². The van der Waals surface area contributed by atoms with Crippen molar-refractivity contribution in [3.63, 3.8) is 0 Å². The molecule has 1 fully saturated rings. The van der Waals surface area contributed by atoms with Crippen LogP contribution in [0.1, 0.15) is 67.9 Å². The van der Waals surface area contributed by atoms with Crippen LogP contribution in [-0.2, 0) is 0 Å². The number of carbonyl (C=O) groups excluding carboxylic acids is 1. The molecule has 2 aromatic carbocycles. The molecule has 0 radical (unpaired) electrons. The standard InChI is InChI=1S/C28H32N4O4/c1-17(2)22-13-19(15-29)14-23-24(22)36-26(31-23)21-7-5-20(6-8-21)25(33)30-16-28(18(3)4)9-11-32(12-10-28)27(34)35/h5-8,13-14,17-18H,9-12,16H2,1-4H3,(H,30,33)(H,34,35). The number of aromatic nitrogens is 1. The number of nitrogens with one attached hydrogen (secondary N) is 1. The molecule has 0 unspecified atom stereocenters. The lowest BCUT2D eigenvalue weighted by Gasteiger charge is -2.44. The number of likely N-dealkylation sites (tertiary alicyclic amines) is 1. The van der Waals surface area contributed by atoms with Crippen LogP contribution in [0.15, 0.2) is 40.8 Å². The van der Waals surface area contributed by atoms with Gasteiger partial charge in [-0.15, -0.1) is 0 Å². The van der Waals surface area contributed by atoms with Gasteiger partial charge >= 0.3 is 6.09 Å². The molecule has 0 bridgehead atoms. The number of hydrogen-bond donors (Lipinski definition) is 2. The minimum Gasteiger partial charge on any atom is -0.465 e. The molecule has 1 aromatic heterocycles. The fourth-order valence-corrected chi connectivity index (χ4v) is 4.90. The molecule has 1 aliphatic rings. The summed E-state index contributed by atoms with van der Waals surface area (Å²) in [5, 5.41) is 21.7. The molecule has 2 amide bonds. The van der Waals surface area contributed by atoms with E-state index in [2.05, 4.69) is 30.2 Å². The van der Waals surface area contributed by atoms with Crippen LogP contribution in [0.4, 0.5) is 4.79 Å². The van der Waals surface area contributed by atoms with Crippen LogP contribution < -0.4 is 5.32 Å². The zero-order valence-corrected chi connectivity index (χ0v) is 21.2. The Morgan fingerprint density at radius 3 is 2.39 bits per heavy atom. The summed E-state index contributed by atoms with van der Waals surface area (Å²) in [6.07, 6.45) is 0.556. The highest BCUT2D eigenvalue weighted by Gasteiger charge is 2.38. The topological polar surface area (TPSA) is 119 Å². The Bertz CT molecular complexity index is 1310. The quantitative estimate of drug-likeness (QED) is 0.464. The zero-order chi connectivity index (χ0) is 26.0. The van der Waals surface area contributed by atoms with Gasteiger partial charge in [-0.2, -0.15) is 5.26 Å². The Morgan fingerprint density at radius 2 is 1.83 bits per heavy atom. The van der Waals surface area contributed by atoms with Gasteiger partial charge in [0.25, 0.3) is 5.91 Å². The van der Waals surface area contributed by atoms with Gasteiger partial charge in [-0.1, -0.05) is 27.7 Å². The van der Waals surface area contributed by atoms with Crippen molar-refractivity contribution in [1.29, 1.82) is 5.26 Å². The van der Waals surface area contributed by atoms with E-state index in [0.717, 1.165) is 24.0 Å². The Hall–Kier alpha value is -3.86. The van der Waals surface area contributed by atoms with Gasteiger partial charge in [-0.05, 0) is 66.5 Å². The van der Waals surface area contributed by atoms with E-state index in [0.29, 0.717) is 53.7 Å². The highest BCUT2D eigenvalue weighted by molar-refractivity contribution is 5.94. The van der Waals surface area contributed by atoms with Crippen molar-refractivity contribution in [3.05, 3.63) is 53.1 Å². The predicted molar refractivity (Wildman–Crippen MR) is 137 cm³/mol. The van der Waals surface area contributed by atoms with Crippen LogP contribution in [0.5, 0.6) is 0 Å². The number of benzene rings is 2. The number of amides is 2. The number of piperidine rings is 1. The number of nitriles is 1. The van der Waals surface area contributed by atoms with E-state index in [9.17, 15) is 20.0 Å². The average molecular weight is 489 g/mol. The first-order chi connectivity index (χ1) is 17.1. The van der Waals surface area contributed by atoms with E-state index in [1.54, 1.807) is 18.2 Å². The molecule has 0 atom stereocenters. The summed E-state index contributed by atoms with van der Waals surface area (Å²) in [4.78, 5) is 30.2. The Balaban J connectivity index is 1.48. The first kappa shape index (κ1) is 25.2. The van der Waals surface area contributed by atoms with Crippen molar-refractivity contribution < 1.29 is 19.1 Å². The summed E-state index contributed by atoms with van der Waals surface area (Å²) in [7, 11) is 0. The fourth-order valence-electron chi connectivity index (χ4n) is 4.90. The number of fused-ring (bicyclic) bond motifs is 1. The van der Waals surface area contributed by atoms with Crippen LogP contribution in [0.3, 0.4) is 0 Å². The molecular weight excluding hydrogens is 456 g/mol. The number of nitrogens with zero attached hydrogens (tertiary/aromatic N) is 3. The van der Waals surface area contributed by atoms with Crippen LogP contribution in [0.25, 0.3) is 22.6 Å². The van der Waals surface area contributed by atoms with E-state index in [-0.39, 0.29) is 17.2 Å². The number of oxazole rings is 1. The number of hydrogen-bond acceptors (Lipinski definition) is 5. The number of carbonyl (C=O) groups is 2. The third-order valence-electron chi connectivity index (χ3n) is 7.52. The van der Waals surface area contributed by atoms with Crippen molar-refractivity contribution >= 4 is 23.1 Å². The predicted octanol–water partition coefficient (Wildman–Crippen LogP) is 5.64. The normalized spacial score (nSPS) is 15.3. The van der Waals surface area contributed by atoms with Crippen molar-refractivity contribution in [2.24, 2.45) is 11.3 Å². The van der Waals surface area contributed by atoms with Crippen LogP contribution in [0, 0.1) is 22.7 Å². The molecule has 0 aliphatic carbocycles. The van der Waals surface area contributed by atoms with Crippen molar-refractivity contribution in [2.45, 2.75) is 46.5 Å². The monoisotopic (exact) mass is 488 g/mol. The second kappa shape index (κ2) is 10.0. The smallest absolute Gasteiger partial charge is 0.407 e. The molecule has 4 rings (SSSR count). The van der Waals surface area contributed by atoms with Crippen molar-refractivity contribution in [3.8, 4) is 17.5 Å². The number of carboxylic acid groups (broad SMARTS) is 1.